The Hall–Kier alpha value is -2.32. The molecule has 0 bridgehead atoms. The zero-order valence-corrected chi connectivity index (χ0v) is 17.9. The summed E-state index contributed by atoms with van der Waals surface area (Å²) in [5.41, 5.74) is 1.48. The van der Waals surface area contributed by atoms with E-state index in [9.17, 15) is 19.2 Å². The molecule has 28 heavy (non-hydrogen) atoms. The summed E-state index contributed by atoms with van der Waals surface area (Å²) >= 11 is 1.97. The van der Waals surface area contributed by atoms with E-state index >= 15 is 0 Å². The molecule has 2 aromatic rings. The summed E-state index contributed by atoms with van der Waals surface area (Å²) in [5, 5.41) is 0. The summed E-state index contributed by atoms with van der Waals surface area (Å²) in [6.07, 6.45) is 0. The van der Waals surface area contributed by atoms with Crippen molar-refractivity contribution in [1.82, 2.24) is 0 Å². The van der Waals surface area contributed by atoms with Crippen LogP contribution >= 0.6 is 22.7 Å². The van der Waals surface area contributed by atoms with Crippen molar-refractivity contribution in [2.45, 2.75) is 40.5 Å². The first-order chi connectivity index (χ1) is 13.2. The largest absolute Gasteiger partial charge is 0.462 e. The van der Waals surface area contributed by atoms with Crippen LogP contribution < -0.4 is 0 Å². The molecule has 0 saturated carbocycles. The van der Waals surface area contributed by atoms with E-state index in [0.29, 0.717) is 16.0 Å². The maximum absolute atomic E-state index is 13.3. The van der Waals surface area contributed by atoms with E-state index in [1.807, 2.05) is 13.8 Å². The molecule has 148 valence electrons. The second-order valence-electron chi connectivity index (χ2n) is 6.56. The Balaban J connectivity index is 2.21. The van der Waals surface area contributed by atoms with Crippen molar-refractivity contribution in [2.75, 3.05) is 13.2 Å². The molecule has 0 radical (unpaired) electrons. The Kier molecular flexibility index (Phi) is 5.54. The summed E-state index contributed by atoms with van der Waals surface area (Å²) in [5.74, 6) is -1.89. The molecular weight excluding hydrogens is 400 g/mol. The lowest BCUT2D eigenvalue weighted by atomic mass is 9.86. The van der Waals surface area contributed by atoms with Gasteiger partial charge in [0.05, 0.1) is 23.0 Å². The molecule has 2 aromatic heterocycles. The van der Waals surface area contributed by atoms with Crippen molar-refractivity contribution in [1.29, 1.82) is 0 Å². The van der Waals surface area contributed by atoms with Crippen molar-refractivity contribution in [3.05, 3.63) is 41.8 Å². The highest BCUT2D eigenvalue weighted by Gasteiger charge is 2.41. The standard InChI is InChI=1S/C20H20O6S2/c1-6-25-19(23)15-9(5)11-13(21)12-10(8(3)4)18(20(24)26-7-2)28-17(12)14(22)16(11)27-15/h8H,6-7H2,1-5H3. The van der Waals surface area contributed by atoms with E-state index < -0.39 is 11.9 Å². The summed E-state index contributed by atoms with van der Waals surface area (Å²) in [6.45, 7) is 9.18. The van der Waals surface area contributed by atoms with Crippen LogP contribution in [-0.2, 0) is 9.47 Å². The van der Waals surface area contributed by atoms with Gasteiger partial charge in [0.25, 0.3) is 0 Å². The highest BCUT2D eigenvalue weighted by Crippen LogP contribution is 2.44. The quantitative estimate of drug-likeness (QED) is 0.570. The number of fused-ring (bicyclic) bond motifs is 2. The SMILES string of the molecule is CCOC(=O)c1sc2c(c1C)C(=O)c1c(sc(C(=O)OCC)c1C(C)C)C2=O. The Labute approximate surface area is 170 Å². The fourth-order valence-corrected chi connectivity index (χ4v) is 5.80. The summed E-state index contributed by atoms with van der Waals surface area (Å²) < 4.78 is 10.2. The van der Waals surface area contributed by atoms with Gasteiger partial charge in [-0.3, -0.25) is 9.59 Å². The van der Waals surface area contributed by atoms with Crippen LogP contribution in [0.5, 0.6) is 0 Å². The van der Waals surface area contributed by atoms with Gasteiger partial charge in [-0.25, -0.2) is 9.59 Å². The highest BCUT2D eigenvalue weighted by molar-refractivity contribution is 7.20. The van der Waals surface area contributed by atoms with E-state index in [4.69, 9.17) is 9.47 Å². The van der Waals surface area contributed by atoms with Crippen LogP contribution in [0.25, 0.3) is 0 Å². The molecule has 0 unspecified atom stereocenters. The molecule has 0 spiro atoms. The highest BCUT2D eigenvalue weighted by atomic mass is 32.1. The average Bonchev–Trinajstić information content (AvgIpc) is 3.20. The third-order valence-corrected chi connectivity index (χ3v) is 6.91. The van der Waals surface area contributed by atoms with Gasteiger partial charge in [-0.2, -0.15) is 0 Å². The predicted octanol–water partition coefficient (Wildman–Crippen LogP) is 4.37. The first-order valence-electron chi connectivity index (χ1n) is 8.98. The smallest absolute Gasteiger partial charge is 0.348 e. The molecule has 1 aliphatic carbocycles. The Morgan fingerprint density at radius 3 is 1.89 bits per heavy atom. The lowest BCUT2D eigenvalue weighted by molar-refractivity contribution is 0.0521. The zero-order valence-electron chi connectivity index (χ0n) is 16.3. The van der Waals surface area contributed by atoms with E-state index in [1.165, 1.54) is 0 Å². The molecule has 0 atom stereocenters. The van der Waals surface area contributed by atoms with Crippen molar-refractivity contribution < 1.29 is 28.7 Å². The maximum Gasteiger partial charge on any atom is 0.348 e. The predicted molar refractivity (Wildman–Crippen MR) is 106 cm³/mol. The van der Waals surface area contributed by atoms with Crippen molar-refractivity contribution in [2.24, 2.45) is 0 Å². The molecule has 0 amide bonds. The molecule has 0 aromatic carbocycles. The Morgan fingerprint density at radius 2 is 1.36 bits per heavy atom. The average molecular weight is 421 g/mol. The van der Waals surface area contributed by atoms with Gasteiger partial charge in [0.1, 0.15) is 9.75 Å². The second-order valence-corrected chi connectivity index (χ2v) is 8.60. The Bertz CT molecular complexity index is 1010. The van der Waals surface area contributed by atoms with Crippen LogP contribution in [-0.4, -0.2) is 36.7 Å². The van der Waals surface area contributed by atoms with Gasteiger partial charge in [0.2, 0.25) is 5.78 Å². The van der Waals surface area contributed by atoms with Gasteiger partial charge in [-0.05, 0) is 37.8 Å². The van der Waals surface area contributed by atoms with Gasteiger partial charge < -0.3 is 9.47 Å². The third kappa shape index (κ3) is 3.00. The van der Waals surface area contributed by atoms with E-state index in [-0.39, 0.29) is 56.5 Å². The lowest BCUT2D eigenvalue weighted by Crippen LogP contribution is -2.19. The minimum atomic E-state index is -0.542. The van der Waals surface area contributed by atoms with Crippen molar-refractivity contribution in [3.63, 3.8) is 0 Å². The van der Waals surface area contributed by atoms with Gasteiger partial charge in [-0.1, -0.05) is 13.8 Å². The van der Waals surface area contributed by atoms with Crippen LogP contribution in [0.1, 0.15) is 94.6 Å². The van der Waals surface area contributed by atoms with Crippen LogP contribution in [0.3, 0.4) is 0 Å². The number of rotatable bonds is 5. The maximum atomic E-state index is 13.3. The fraction of sp³-hybridized carbons (Fsp3) is 0.400. The number of hydrogen-bond donors (Lipinski definition) is 0. The third-order valence-electron chi connectivity index (χ3n) is 4.46. The summed E-state index contributed by atoms with van der Waals surface area (Å²) in [7, 11) is 0. The number of carbonyl (C=O) groups excluding carboxylic acids is 4. The number of hydrogen-bond acceptors (Lipinski definition) is 8. The summed E-state index contributed by atoms with van der Waals surface area (Å²) in [6, 6.07) is 0. The van der Waals surface area contributed by atoms with Crippen molar-refractivity contribution >= 4 is 46.2 Å². The van der Waals surface area contributed by atoms with Gasteiger partial charge in [-0.15, -0.1) is 22.7 Å². The normalized spacial score (nSPS) is 12.8. The van der Waals surface area contributed by atoms with E-state index in [1.54, 1.807) is 20.8 Å². The number of esters is 2. The first-order valence-corrected chi connectivity index (χ1v) is 10.6. The van der Waals surface area contributed by atoms with E-state index in [0.717, 1.165) is 22.7 Å². The minimum Gasteiger partial charge on any atom is -0.462 e. The molecule has 0 fully saturated rings. The number of carbonyl (C=O) groups is 4. The van der Waals surface area contributed by atoms with Crippen molar-refractivity contribution in [3.8, 4) is 0 Å². The monoisotopic (exact) mass is 420 g/mol. The fourth-order valence-electron chi connectivity index (χ4n) is 3.29. The molecule has 6 nitrogen and oxygen atoms in total. The first kappa shape index (κ1) is 20.4. The molecular formula is C20H20O6S2. The van der Waals surface area contributed by atoms with Crippen LogP contribution in [0.2, 0.25) is 0 Å². The summed E-state index contributed by atoms with van der Waals surface area (Å²) in [4.78, 5) is 52.1. The number of ketones is 2. The molecule has 0 aliphatic heterocycles. The van der Waals surface area contributed by atoms with Crippen LogP contribution in [0.4, 0.5) is 0 Å². The second kappa shape index (κ2) is 7.60. The van der Waals surface area contributed by atoms with E-state index in [2.05, 4.69) is 0 Å². The topological polar surface area (TPSA) is 86.7 Å². The molecule has 2 heterocycles. The number of ether oxygens (including phenoxy) is 2. The van der Waals surface area contributed by atoms with Crippen LogP contribution in [0.15, 0.2) is 0 Å². The minimum absolute atomic E-state index is 0.152. The number of thiophene rings is 2. The molecule has 3 rings (SSSR count). The zero-order chi connectivity index (χ0) is 20.7. The Morgan fingerprint density at radius 1 is 0.857 bits per heavy atom. The van der Waals surface area contributed by atoms with Gasteiger partial charge in [0, 0.05) is 11.1 Å². The molecule has 0 saturated heterocycles. The van der Waals surface area contributed by atoms with Gasteiger partial charge in [0.15, 0.2) is 5.78 Å². The lowest BCUT2D eigenvalue weighted by Gasteiger charge is -2.15. The molecule has 8 heteroatoms. The molecule has 1 aliphatic rings. The van der Waals surface area contributed by atoms with Crippen LogP contribution in [0, 0.1) is 6.92 Å². The molecule has 0 N–H and O–H groups in total. The van der Waals surface area contributed by atoms with Gasteiger partial charge >= 0.3 is 11.9 Å².